The average molecular weight is 332 g/mol. The van der Waals surface area contributed by atoms with Crippen LogP contribution in [0.25, 0.3) is 16.7 Å². The first kappa shape index (κ1) is 15.1. The van der Waals surface area contributed by atoms with Gasteiger partial charge in [-0.05, 0) is 48.9 Å². The molecule has 7 nitrogen and oxygen atoms in total. The maximum absolute atomic E-state index is 11.1. The van der Waals surface area contributed by atoms with Gasteiger partial charge in [0.2, 0.25) is 11.6 Å². The minimum absolute atomic E-state index is 0.0997. The molecule has 25 heavy (non-hydrogen) atoms. The second-order valence-electron chi connectivity index (χ2n) is 5.86. The number of hydrogen-bond acceptors (Lipinski definition) is 5. The summed E-state index contributed by atoms with van der Waals surface area (Å²) < 4.78 is 1.92. The van der Waals surface area contributed by atoms with Gasteiger partial charge in [0.05, 0.1) is 11.0 Å². The van der Waals surface area contributed by atoms with Crippen molar-refractivity contribution in [2.24, 2.45) is 0 Å². The number of benzene rings is 2. The van der Waals surface area contributed by atoms with Crippen LogP contribution in [0.2, 0.25) is 0 Å². The largest absolute Gasteiger partial charge is 0.337 e. The Hall–Kier alpha value is -3.48. The van der Waals surface area contributed by atoms with Crippen LogP contribution in [0.1, 0.15) is 12.5 Å². The Labute approximate surface area is 143 Å². The molecule has 4 aromatic rings. The van der Waals surface area contributed by atoms with Gasteiger partial charge in [-0.25, -0.2) is 4.98 Å². The molecular formula is C18H16N6O. The first-order valence-corrected chi connectivity index (χ1v) is 7.85. The van der Waals surface area contributed by atoms with E-state index in [2.05, 4.69) is 31.9 Å². The van der Waals surface area contributed by atoms with Crippen molar-refractivity contribution in [1.82, 2.24) is 19.6 Å². The predicted octanol–water partition coefficient (Wildman–Crippen LogP) is 3.29. The topological polar surface area (TPSA) is 84.2 Å². The van der Waals surface area contributed by atoms with E-state index in [1.807, 2.05) is 47.7 Å². The summed E-state index contributed by atoms with van der Waals surface area (Å²) >= 11 is 0. The molecule has 0 unspecified atom stereocenters. The van der Waals surface area contributed by atoms with Crippen molar-refractivity contribution in [1.29, 1.82) is 0 Å². The summed E-state index contributed by atoms with van der Waals surface area (Å²) in [6.45, 7) is 3.52. The van der Waals surface area contributed by atoms with Crippen LogP contribution in [0.15, 0.2) is 48.8 Å². The molecule has 2 N–H and O–H groups in total. The van der Waals surface area contributed by atoms with Gasteiger partial charge in [-0.2, -0.15) is 0 Å². The SMILES string of the molecule is CC(=O)Nc1ccc(Nc2nc3ccc(C)cc3n3cnnc23)cc1. The number of aryl methyl sites for hydroxylation is 1. The Bertz CT molecular complexity index is 1080. The van der Waals surface area contributed by atoms with Gasteiger partial charge in [-0.15, -0.1) is 10.2 Å². The molecule has 0 saturated carbocycles. The zero-order valence-corrected chi connectivity index (χ0v) is 13.8. The van der Waals surface area contributed by atoms with Crippen molar-refractivity contribution in [2.75, 3.05) is 10.6 Å². The summed E-state index contributed by atoms with van der Waals surface area (Å²) in [5.41, 5.74) is 5.22. The van der Waals surface area contributed by atoms with Gasteiger partial charge < -0.3 is 10.6 Å². The summed E-state index contributed by atoms with van der Waals surface area (Å²) in [7, 11) is 0. The van der Waals surface area contributed by atoms with Crippen LogP contribution >= 0.6 is 0 Å². The molecule has 2 aromatic heterocycles. The molecule has 0 saturated heterocycles. The summed E-state index contributed by atoms with van der Waals surface area (Å²) in [5, 5.41) is 14.2. The summed E-state index contributed by atoms with van der Waals surface area (Å²) in [6.07, 6.45) is 1.68. The number of rotatable bonds is 3. The Morgan fingerprint density at radius 3 is 2.60 bits per heavy atom. The summed E-state index contributed by atoms with van der Waals surface area (Å²) in [6, 6.07) is 13.5. The molecule has 2 aromatic carbocycles. The molecule has 4 rings (SSSR count). The van der Waals surface area contributed by atoms with Crippen molar-refractivity contribution < 1.29 is 4.79 Å². The van der Waals surface area contributed by atoms with Crippen LogP contribution in [0, 0.1) is 6.92 Å². The van der Waals surface area contributed by atoms with Crippen molar-refractivity contribution >= 4 is 39.8 Å². The van der Waals surface area contributed by atoms with Crippen molar-refractivity contribution in [2.45, 2.75) is 13.8 Å². The van der Waals surface area contributed by atoms with Crippen molar-refractivity contribution in [3.05, 3.63) is 54.4 Å². The quantitative estimate of drug-likeness (QED) is 0.601. The number of carbonyl (C=O) groups is 1. The molecule has 0 radical (unpaired) electrons. The van der Waals surface area contributed by atoms with Gasteiger partial charge >= 0.3 is 0 Å². The van der Waals surface area contributed by atoms with E-state index in [0.29, 0.717) is 11.5 Å². The monoisotopic (exact) mass is 332 g/mol. The van der Waals surface area contributed by atoms with E-state index >= 15 is 0 Å². The Morgan fingerprint density at radius 1 is 1.08 bits per heavy atom. The van der Waals surface area contributed by atoms with Crippen LogP contribution < -0.4 is 10.6 Å². The zero-order valence-electron chi connectivity index (χ0n) is 13.8. The average Bonchev–Trinajstić information content (AvgIpc) is 3.07. The normalized spacial score (nSPS) is 11.0. The highest BCUT2D eigenvalue weighted by atomic mass is 16.1. The highest BCUT2D eigenvalue weighted by Crippen LogP contribution is 2.24. The molecule has 0 spiro atoms. The van der Waals surface area contributed by atoms with Crippen LogP contribution in [0.4, 0.5) is 17.2 Å². The lowest BCUT2D eigenvalue weighted by molar-refractivity contribution is -0.114. The summed E-state index contributed by atoms with van der Waals surface area (Å²) in [4.78, 5) is 15.8. The summed E-state index contributed by atoms with van der Waals surface area (Å²) in [5.74, 6) is 0.526. The smallest absolute Gasteiger partial charge is 0.221 e. The van der Waals surface area contributed by atoms with Gasteiger partial charge in [-0.1, -0.05) is 6.07 Å². The van der Waals surface area contributed by atoms with Crippen molar-refractivity contribution in [3.63, 3.8) is 0 Å². The fourth-order valence-electron chi connectivity index (χ4n) is 2.72. The number of nitrogens with zero attached hydrogens (tertiary/aromatic N) is 4. The number of anilines is 3. The molecule has 0 fully saturated rings. The van der Waals surface area contributed by atoms with E-state index in [-0.39, 0.29) is 5.91 Å². The van der Waals surface area contributed by atoms with Gasteiger partial charge in [0.25, 0.3) is 0 Å². The molecule has 0 aliphatic carbocycles. The first-order chi connectivity index (χ1) is 12.1. The third-order valence-corrected chi connectivity index (χ3v) is 3.85. The third kappa shape index (κ3) is 2.87. The lowest BCUT2D eigenvalue weighted by Gasteiger charge is -2.10. The van der Waals surface area contributed by atoms with E-state index in [4.69, 9.17) is 0 Å². The van der Waals surface area contributed by atoms with E-state index < -0.39 is 0 Å². The minimum atomic E-state index is -0.0997. The van der Waals surface area contributed by atoms with E-state index in [9.17, 15) is 4.79 Å². The van der Waals surface area contributed by atoms with Gasteiger partial charge in [-0.3, -0.25) is 9.20 Å². The molecule has 0 bridgehead atoms. The van der Waals surface area contributed by atoms with Crippen LogP contribution in [-0.4, -0.2) is 25.5 Å². The fourth-order valence-corrected chi connectivity index (χ4v) is 2.72. The number of fused-ring (bicyclic) bond motifs is 3. The highest BCUT2D eigenvalue weighted by molar-refractivity contribution is 5.89. The maximum Gasteiger partial charge on any atom is 0.221 e. The molecule has 0 atom stereocenters. The standard InChI is InChI=1S/C18H16N6O/c1-11-3-8-15-16(9-11)24-10-19-23-18(24)17(22-15)21-14-6-4-13(5-7-14)20-12(2)25/h3-10H,1-2H3,(H,20,25)(H,21,22). The first-order valence-electron chi connectivity index (χ1n) is 7.85. The molecule has 2 heterocycles. The van der Waals surface area contributed by atoms with E-state index in [1.54, 1.807) is 6.33 Å². The Morgan fingerprint density at radius 2 is 1.84 bits per heavy atom. The lowest BCUT2D eigenvalue weighted by Crippen LogP contribution is -2.05. The fraction of sp³-hybridized carbons (Fsp3) is 0.111. The maximum atomic E-state index is 11.1. The van der Waals surface area contributed by atoms with E-state index in [1.165, 1.54) is 6.92 Å². The molecule has 124 valence electrons. The molecule has 1 amide bonds. The highest BCUT2D eigenvalue weighted by Gasteiger charge is 2.11. The number of nitrogens with one attached hydrogen (secondary N) is 2. The second kappa shape index (κ2) is 5.86. The molecular weight excluding hydrogens is 316 g/mol. The number of aromatic nitrogens is 4. The minimum Gasteiger partial charge on any atom is -0.337 e. The third-order valence-electron chi connectivity index (χ3n) is 3.85. The number of hydrogen-bond donors (Lipinski definition) is 2. The van der Waals surface area contributed by atoms with E-state index in [0.717, 1.165) is 28.0 Å². The van der Waals surface area contributed by atoms with Crippen LogP contribution in [-0.2, 0) is 4.79 Å². The Kier molecular flexibility index (Phi) is 3.53. The van der Waals surface area contributed by atoms with Gasteiger partial charge in [0.15, 0.2) is 5.82 Å². The predicted molar refractivity (Wildman–Crippen MR) is 97.1 cm³/mol. The Balaban J connectivity index is 1.74. The number of carbonyl (C=O) groups excluding carboxylic acids is 1. The molecule has 0 aliphatic rings. The number of amides is 1. The van der Waals surface area contributed by atoms with Gasteiger partial charge in [0, 0.05) is 18.3 Å². The van der Waals surface area contributed by atoms with Gasteiger partial charge in [0.1, 0.15) is 6.33 Å². The van der Waals surface area contributed by atoms with Crippen molar-refractivity contribution in [3.8, 4) is 0 Å². The molecule has 7 heteroatoms. The van der Waals surface area contributed by atoms with Crippen LogP contribution in [0.5, 0.6) is 0 Å². The van der Waals surface area contributed by atoms with Crippen LogP contribution in [0.3, 0.4) is 0 Å². The molecule has 0 aliphatic heterocycles. The zero-order chi connectivity index (χ0) is 17.4. The lowest BCUT2D eigenvalue weighted by atomic mass is 10.2. The second-order valence-corrected chi connectivity index (χ2v) is 5.86.